The molecule has 238 valence electrons. The van der Waals surface area contributed by atoms with Crippen LogP contribution in [0.15, 0.2) is 42.5 Å². The van der Waals surface area contributed by atoms with Gasteiger partial charge in [-0.05, 0) is 160 Å². The van der Waals surface area contributed by atoms with Crippen molar-refractivity contribution in [2.24, 2.45) is 56.7 Å². The minimum absolute atomic E-state index is 0.0568. The van der Waals surface area contributed by atoms with E-state index >= 15 is 0 Å². The molecule has 0 aromatic heterocycles. The molecule has 2 nitrogen and oxygen atoms in total. The minimum atomic E-state index is -0.495. The first kappa shape index (κ1) is 31.7. The second-order valence-corrected chi connectivity index (χ2v) is 18.1. The van der Waals surface area contributed by atoms with Crippen LogP contribution in [0.1, 0.15) is 136 Å². The molecule has 5 aliphatic carbocycles. The van der Waals surface area contributed by atoms with E-state index in [1.807, 2.05) is 32.9 Å². The first-order valence-corrected chi connectivity index (χ1v) is 17.6. The first-order chi connectivity index (χ1) is 20.4. The molecule has 0 aliphatic heterocycles. The maximum Gasteiger partial charge on any atom is 0.338 e. The Balaban J connectivity index is 1.31. The summed E-state index contributed by atoms with van der Waals surface area (Å²) in [4.78, 5) is 12.7. The van der Waals surface area contributed by atoms with E-state index in [9.17, 15) is 4.79 Å². The zero-order chi connectivity index (χ0) is 32.1. The fourth-order valence-corrected chi connectivity index (χ4v) is 12.6. The van der Waals surface area contributed by atoms with Gasteiger partial charge in [0.25, 0.3) is 0 Å². The fourth-order valence-electron chi connectivity index (χ4n) is 12.6. The van der Waals surface area contributed by atoms with Gasteiger partial charge in [0.15, 0.2) is 0 Å². The Kier molecular flexibility index (Phi) is 7.29. The molecule has 4 fully saturated rings. The topological polar surface area (TPSA) is 26.3 Å². The van der Waals surface area contributed by atoms with Crippen molar-refractivity contribution in [3.8, 4) is 12.3 Å². The molecule has 1 aromatic carbocycles. The summed E-state index contributed by atoms with van der Waals surface area (Å²) in [6.07, 6.45) is 20.3. The zero-order valence-electron chi connectivity index (χ0n) is 29.2. The summed E-state index contributed by atoms with van der Waals surface area (Å²) in [6, 6.07) is 8.20. The Morgan fingerprint density at radius 3 is 2.20 bits per heavy atom. The van der Waals surface area contributed by atoms with Gasteiger partial charge in [-0.2, -0.15) is 0 Å². The molecule has 6 rings (SSSR count). The van der Waals surface area contributed by atoms with Gasteiger partial charge in [-0.15, -0.1) is 6.42 Å². The number of allylic oxidation sites excluding steroid dienone is 3. The van der Waals surface area contributed by atoms with Crippen molar-refractivity contribution in [3.63, 3.8) is 0 Å². The van der Waals surface area contributed by atoms with Gasteiger partial charge in [0, 0.05) is 5.41 Å². The maximum absolute atomic E-state index is 12.7. The van der Waals surface area contributed by atoms with Crippen molar-refractivity contribution in [1.82, 2.24) is 0 Å². The lowest BCUT2D eigenvalue weighted by Crippen LogP contribution is -2.65. The summed E-state index contributed by atoms with van der Waals surface area (Å²) < 4.78 is 5.62. The normalized spacial score (nSPS) is 42.5. The Labute approximate surface area is 268 Å². The van der Waals surface area contributed by atoms with Crippen LogP contribution in [0.3, 0.4) is 0 Å². The van der Waals surface area contributed by atoms with E-state index in [-0.39, 0.29) is 22.2 Å². The number of carbonyl (C=O) groups excluding carboxylic acids is 1. The second kappa shape index (κ2) is 10.1. The third kappa shape index (κ3) is 4.37. The summed E-state index contributed by atoms with van der Waals surface area (Å²) in [6.45, 7) is 25.6. The van der Waals surface area contributed by atoms with E-state index in [4.69, 9.17) is 11.2 Å². The van der Waals surface area contributed by atoms with Crippen molar-refractivity contribution in [1.29, 1.82) is 0 Å². The molecule has 44 heavy (non-hydrogen) atoms. The van der Waals surface area contributed by atoms with Crippen LogP contribution in [0, 0.1) is 69.0 Å². The quantitative estimate of drug-likeness (QED) is 0.198. The molecule has 0 amide bonds. The lowest BCUT2D eigenvalue weighted by Gasteiger charge is -2.72. The van der Waals surface area contributed by atoms with E-state index in [1.165, 1.54) is 68.1 Å². The number of ether oxygens (including phenoxy) is 1. The summed E-state index contributed by atoms with van der Waals surface area (Å²) in [5, 5.41) is 0. The van der Waals surface area contributed by atoms with Crippen LogP contribution in [0.4, 0.5) is 0 Å². The van der Waals surface area contributed by atoms with Crippen LogP contribution in [-0.4, -0.2) is 11.6 Å². The van der Waals surface area contributed by atoms with E-state index in [1.54, 1.807) is 0 Å². The highest BCUT2D eigenvalue weighted by Crippen LogP contribution is 2.77. The van der Waals surface area contributed by atoms with Gasteiger partial charge in [0.05, 0.1) is 5.56 Å². The summed E-state index contributed by atoms with van der Waals surface area (Å²) in [5.41, 5.74) is 5.25. The van der Waals surface area contributed by atoms with E-state index in [2.05, 4.69) is 72.3 Å². The molecule has 4 saturated carbocycles. The van der Waals surface area contributed by atoms with Crippen LogP contribution < -0.4 is 0 Å². The van der Waals surface area contributed by atoms with Crippen LogP contribution in [0.2, 0.25) is 0 Å². The molecule has 5 aliphatic rings. The third-order valence-corrected chi connectivity index (χ3v) is 14.8. The molecule has 9 atom stereocenters. The van der Waals surface area contributed by atoms with E-state index < -0.39 is 5.60 Å². The molecule has 2 heteroatoms. The number of fused-ring (bicyclic) bond motifs is 7. The van der Waals surface area contributed by atoms with Gasteiger partial charge < -0.3 is 4.74 Å². The van der Waals surface area contributed by atoms with Crippen molar-refractivity contribution in [3.05, 3.63) is 53.6 Å². The largest absolute Gasteiger partial charge is 0.456 e. The van der Waals surface area contributed by atoms with E-state index in [0.29, 0.717) is 46.0 Å². The highest BCUT2D eigenvalue weighted by molar-refractivity contribution is 5.90. The monoisotopic (exact) mass is 594 g/mol. The Bertz CT molecular complexity index is 1410. The van der Waals surface area contributed by atoms with Gasteiger partial charge >= 0.3 is 5.97 Å². The number of hydrogen-bond acceptors (Lipinski definition) is 2. The Hall–Kier alpha value is -2.27. The molecule has 0 heterocycles. The van der Waals surface area contributed by atoms with Crippen LogP contribution >= 0.6 is 0 Å². The third-order valence-electron chi connectivity index (χ3n) is 14.8. The minimum Gasteiger partial charge on any atom is -0.456 e. The average molecular weight is 595 g/mol. The average Bonchev–Trinajstić information content (AvgIpc) is 3.33. The summed E-state index contributed by atoms with van der Waals surface area (Å²) in [7, 11) is 0. The molecule has 0 radical (unpaired) electrons. The number of carbonyl (C=O) groups is 1. The lowest BCUT2D eigenvalue weighted by molar-refractivity contribution is -0.220. The number of benzene rings is 1. The molecule has 0 N–H and O–H groups in total. The van der Waals surface area contributed by atoms with Crippen molar-refractivity contribution in [2.45, 2.75) is 126 Å². The van der Waals surface area contributed by atoms with Crippen LogP contribution in [0.5, 0.6) is 0 Å². The lowest BCUT2D eigenvalue weighted by atomic mass is 9.32. The van der Waals surface area contributed by atoms with Gasteiger partial charge in [-0.1, -0.05) is 70.9 Å². The molecule has 0 saturated heterocycles. The Morgan fingerprint density at radius 2 is 1.59 bits per heavy atom. The molecule has 0 unspecified atom stereocenters. The molecular formula is C42H58O2. The predicted molar refractivity (Wildman–Crippen MR) is 183 cm³/mol. The smallest absolute Gasteiger partial charge is 0.338 e. The van der Waals surface area contributed by atoms with Crippen molar-refractivity contribution < 1.29 is 9.53 Å². The number of esters is 1. The van der Waals surface area contributed by atoms with Crippen molar-refractivity contribution in [2.75, 3.05) is 0 Å². The molecule has 0 bridgehead atoms. The van der Waals surface area contributed by atoms with Gasteiger partial charge in [-0.3, -0.25) is 0 Å². The highest BCUT2D eigenvalue weighted by atomic mass is 16.6. The van der Waals surface area contributed by atoms with Gasteiger partial charge in [0.2, 0.25) is 0 Å². The van der Waals surface area contributed by atoms with Crippen LogP contribution in [-0.2, 0) is 4.74 Å². The van der Waals surface area contributed by atoms with Gasteiger partial charge in [-0.25, -0.2) is 4.79 Å². The SMILES string of the molecule is C#C[C@]12CC[C@@H](C(=C)C)[C@@H]1[C@H]1CC[C@@H]3[C@@]4(C)CC=C(c5ccc(C(=O)OC(C)(C)C)cc5)C(C)(C)[C@@H]4CC[C@@]3(C)[C@]1(C)CC2. The highest BCUT2D eigenvalue weighted by Gasteiger charge is 2.70. The standard InChI is InChI=1S/C42H58O2/c1-12-42-24-19-30(27(2)3)35(42)32-17-18-34-39(9)22-20-31(28-13-15-29(16-14-28)36(43)44-37(4,5)6)38(7,8)33(39)21-23-41(34,11)40(32,10)25-26-42/h1,13-16,20,30,32-35H,2,17-19,21-26H2,3-11H3/t30-,32+,33-,34+,35+,39-,40+,41+,42+/m0/s1. The predicted octanol–water partition coefficient (Wildman–Crippen LogP) is 10.9. The summed E-state index contributed by atoms with van der Waals surface area (Å²) in [5.74, 6) is 6.40. The van der Waals surface area contributed by atoms with Crippen LogP contribution in [0.25, 0.3) is 5.57 Å². The van der Waals surface area contributed by atoms with Crippen molar-refractivity contribution >= 4 is 11.5 Å². The fraction of sp³-hybridized carbons (Fsp3) is 0.690. The number of rotatable bonds is 3. The second-order valence-electron chi connectivity index (χ2n) is 18.1. The summed E-state index contributed by atoms with van der Waals surface area (Å²) >= 11 is 0. The number of hydrogen-bond donors (Lipinski definition) is 0. The zero-order valence-corrected chi connectivity index (χ0v) is 29.2. The maximum atomic E-state index is 12.7. The molecular weight excluding hydrogens is 536 g/mol. The van der Waals surface area contributed by atoms with Gasteiger partial charge in [0.1, 0.15) is 5.60 Å². The van der Waals surface area contributed by atoms with E-state index in [0.717, 1.165) is 6.42 Å². The Morgan fingerprint density at radius 1 is 0.909 bits per heavy atom. The molecule has 0 spiro atoms. The first-order valence-electron chi connectivity index (χ1n) is 17.6. The number of terminal acetylenes is 1. The molecule has 1 aromatic rings.